The van der Waals surface area contributed by atoms with Gasteiger partial charge in [0.25, 0.3) is 0 Å². The molecule has 0 radical (unpaired) electrons. The number of hydrogen-bond acceptors (Lipinski definition) is 4. The minimum absolute atomic E-state index is 0.0562. The van der Waals surface area contributed by atoms with Crippen LogP contribution in [0.3, 0.4) is 0 Å². The highest BCUT2D eigenvalue weighted by atomic mass is 16.6. The molecule has 148 valence electrons. The second-order valence-corrected chi connectivity index (χ2v) is 6.85. The summed E-state index contributed by atoms with van der Waals surface area (Å²) in [6.07, 6.45) is 0.324. The molecule has 0 saturated carbocycles. The highest BCUT2D eigenvalue weighted by molar-refractivity contribution is 5.92. The maximum Gasteiger partial charge on any atom is 0.225 e. The summed E-state index contributed by atoms with van der Waals surface area (Å²) in [6, 6.07) is 23.4. The number of anilines is 1. The Kier molecular flexibility index (Phi) is 5.66. The lowest BCUT2D eigenvalue weighted by atomic mass is 9.88. The highest BCUT2D eigenvalue weighted by Gasteiger charge is 2.19. The molecule has 1 atom stereocenters. The van der Waals surface area contributed by atoms with Crippen LogP contribution in [-0.2, 0) is 4.79 Å². The minimum atomic E-state index is -0.0636. The Labute approximate surface area is 170 Å². The fourth-order valence-electron chi connectivity index (χ4n) is 3.47. The van der Waals surface area contributed by atoms with Crippen LogP contribution in [0.1, 0.15) is 23.5 Å². The molecule has 0 saturated heterocycles. The van der Waals surface area contributed by atoms with E-state index in [1.165, 1.54) is 0 Å². The van der Waals surface area contributed by atoms with Gasteiger partial charge in [0.1, 0.15) is 19.0 Å². The molecule has 5 heteroatoms. The Hall–Kier alpha value is -3.47. The van der Waals surface area contributed by atoms with Gasteiger partial charge in [0.05, 0.1) is 7.11 Å². The number of amides is 1. The molecule has 0 aromatic heterocycles. The predicted octanol–water partition coefficient (Wildman–Crippen LogP) is 4.63. The average Bonchev–Trinajstić information content (AvgIpc) is 2.78. The molecule has 0 fully saturated rings. The van der Waals surface area contributed by atoms with Crippen molar-refractivity contribution in [1.82, 2.24) is 0 Å². The zero-order chi connectivity index (χ0) is 20.1. The first kappa shape index (κ1) is 18.9. The third kappa shape index (κ3) is 4.51. The van der Waals surface area contributed by atoms with Gasteiger partial charge in [0.15, 0.2) is 11.5 Å². The van der Waals surface area contributed by atoms with Gasteiger partial charge in [0, 0.05) is 24.1 Å². The van der Waals surface area contributed by atoms with E-state index < -0.39 is 0 Å². The zero-order valence-corrected chi connectivity index (χ0v) is 16.3. The summed E-state index contributed by atoms with van der Waals surface area (Å²) < 4.78 is 16.4. The third-order valence-corrected chi connectivity index (χ3v) is 4.94. The number of ether oxygens (including phenoxy) is 3. The molecule has 1 N–H and O–H groups in total. The van der Waals surface area contributed by atoms with E-state index >= 15 is 0 Å². The summed E-state index contributed by atoms with van der Waals surface area (Å²) in [7, 11) is 1.64. The molecule has 1 amide bonds. The summed E-state index contributed by atoms with van der Waals surface area (Å²) >= 11 is 0. The van der Waals surface area contributed by atoms with Gasteiger partial charge in [-0.3, -0.25) is 4.79 Å². The molecule has 4 rings (SSSR count). The van der Waals surface area contributed by atoms with Crippen LogP contribution in [0.4, 0.5) is 5.69 Å². The number of fused-ring (bicyclic) bond motifs is 1. The zero-order valence-electron chi connectivity index (χ0n) is 16.3. The number of methoxy groups -OCH3 is 1. The molecular weight excluding hydrogens is 366 g/mol. The van der Waals surface area contributed by atoms with Crippen molar-refractivity contribution in [3.8, 4) is 17.2 Å². The average molecular weight is 389 g/mol. The first-order chi connectivity index (χ1) is 14.2. The molecule has 1 aliphatic heterocycles. The normalized spacial score (nSPS) is 13.4. The number of carbonyl (C=O) groups excluding carboxylic acids is 1. The molecule has 0 aliphatic carbocycles. The fourth-order valence-corrected chi connectivity index (χ4v) is 3.47. The van der Waals surface area contributed by atoms with E-state index in [0.717, 1.165) is 16.9 Å². The maximum atomic E-state index is 12.9. The van der Waals surface area contributed by atoms with Gasteiger partial charge in [-0.1, -0.05) is 42.5 Å². The Morgan fingerprint density at radius 1 is 0.931 bits per heavy atom. The lowest BCUT2D eigenvalue weighted by molar-refractivity contribution is -0.116. The Balaban J connectivity index is 1.53. The molecular formula is C24H23NO4. The maximum absolute atomic E-state index is 12.9. The van der Waals surface area contributed by atoms with Gasteiger partial charge >= 0.3 is 0 Å². The molecule has 29 heavy (non-hydrogen) atoms. The summed E-state index contributed by atoms with van der Waals surface area (Å²) in [5.74, 6) is 2.03. The quantitative estimate of drug-likeness (QED) is 0.668. The topological polar surface area (TPSA) is 56.8 Å². The van der Waals surface area contributed by atoms with Crippen LogP contribution in [-0.4, -0.2) is 26.2 Å². The molecule has 0 unspecified atom stereocenters. The second kappa shape index (κ2) is 8.69. The van der Waals surface area contributed by atoms with Crippen LogP contribution in [0.5, 0.6) is 17.2 Å². The fraction of sp³-hybridized carbons (Fsp3) is 0.208. The van der Waals surface area contributed by atoms with E-state index in [-0.39, 0.29) is 11.8 Å². The van der Waals surface area contributed by atoms with Crippen LogP contribution in [0.15, 0.2) is 72.8 Å². The van der Waals surface area contributed by atoms with Crippen LogP contribution < -0.4 is 19.5 Å². The van der Waals surface area contributed by atoms with Crippen molar-refractivity contribution in [3.05, 3.63) is 83.9 Å². The number of nitrogens with one attached hydrogen (secondary N) is 1. The van der Waals surface area contributed by atoms with Gasteiger partial charge in [-0.2, -0.15) is 0 Å². The Morgan fingerprint density at radius 3 is 2.34 bits per heavy atom. The van der Waals surface area contributed by atoms with Gasteiger partial charge in [0.2, 0.25) is 5.91 Å². The van der Waals surface area contributed by atoms with Crippen molar-refractivity contribution in [1.29, 1.82) is 0 Å². The number of benzene rings is 3. The predicted molar refractivity (Wildman–Crippen MR) is 112 cm³/mol. The SMILES string of the molecule is COc1ccc([C@@H](CC(=O)Nc2ccc3c(c2)OCCO3)c2ccccc2)cc1. The smallest absolute Gasteiger partial charge is 0.225 e. The first-order valence-corrected chi connectivity index (χ1v) is 9.61. The number of rotatable bonds is 6. The van der Waals surface area contributed by atoms with Crippen LogP contribution >= 0.6 is 0 Å². The highest BCUT2D eigenvalue weighted by Crippen LogP contribution is 2.33. The van der Waals surface area contributed by atoms with Crippen LogP contribution in [0, 0.1) is 0 Å². The summed E-state index contributed by atoms with van der Waals surface area (Å²) in [5.41, 5.74) is 2.85. The minimum Gasteiger partial charge on any atom is -0.497 e. The largest absolute Gasteiger partial charge is 0.497 e. The number of carbonyl (C=O) groups is 1. The van der Waals surface area contributed by atoms with Crippen molar-refractivity contribution in [3.63, 3.8) is 0 Å². The van der Waals surface area contributed by atoms with Gasteiger partial charge in [-0.05, 0) is 35.4 Å². The van der Waals surface area contributed by atoms with E-state index in [0.29, 0.717) is 36.8 Å². The lowest BCUT2D eigenvalue weighted by Crippen LogP contribution is -2.18. The Morgan fingerprint density at radius 2 is 1.62 bits per heavy atom. The second-order valence-electron chi connectivity index (χ2n) is 6.85. The molecule has 1 heterocycles. The van der Waals surface area contributed by atoms with Crippen molar-refractivity contribution in [2.45, 2.75) is 12.3 Å². The third-order valence-electron chi connectivity index (χ3n) is 4.94. The van der Waals surface area contributed by atoms with Crippen molar-refractivity contribution in [2.75, 3.05) is 25.6 Å². The number of hydrogen-bond donors (Lipinski definition) is 1. The van der Waals surface area contributed by atoms with Crippen molar-refractivity contribution >= 4 is 11.6 Å². The van der Waals surface area contributed by atoms with Gasteiger partial charge in [-0.25, -0.2) is 0 Å². The van der Waals surface area contributed by atoms with Crippen LogP contribution in [0.2, 0.25) is 0 Å². The summed E-state index contributed by atoms with van der Waals surface area (Å²) in [4.78, 5) is 12.9. The molecule has 3 aromatic rings. The standard InChI is InChI=1S/C24H23NO4/c1-27-20-10-7-18(8-11-20)21(17-5-3-2-4-6-17)16-24(26)25-19-9-12-22-23(15-19)29-14-13-28-22/h2-12,15,21H,13-14,16H2,1H3,(H,25,26)/t21-/m0/s1. The summed E-state index contributed by atoms with van der Waals surface area (Å²) in [5, 5.41) is 2.99. The first-order valence-electron chi connectivity index (χ1n) is 9.61. The van der Waals surface area contributed by atoms with Gasteiger partial charge < -0.3 is 19.5 Å². The van der Waals surface area contributed by atoms with E-state index in [9.17, 15) is 4.79 Å². The Bertz CT molecular complexity index is 970. The van der Waals surface area contributed by atoms with E-state index in [4.69, 9.17) is 14.2 Å². The lowest BCUT2D eigenvalue weighted by Gasteiger charge is -2.20. The molecule has 0 bridgehead atoms. The van der Waals surface area contributed by atoms with E-state index in [2.05, 4.69) is 5.32 Å². The van der Waals surface area contributed by atoms with Crippen LogP contribution in [0.25, 0.3) is 0 Å². The monoisotopic (exact) mass is 389 g/mol. The van der Waals surface area contributed by atoms with E-state index in [1.54, 1.807) is 13.2 Å². The molecule has 5 nitrogen and oxygen atoms in total. The van der Waals surface area contributed by atoms with Crippen molar-refractivity contribution in [2.24, 2.45) is 0 Å². The van der Waals surface area contributed by atoms with Gasteiger partial charge in [-0.15, -0.1) is 0 Å². The molecule has 1 aliphatic rings. The van der Waals surface area contributed by atoms with E-state index in [1.807, 2.05) is 66.7 Å². The van der Waals surface area contributed by atoms with Crippen molar-refractivity contribution < 1.29 is 19.0 Å². The molecule has 0 spiro atoms. The summed E-state index contributed by atoms with van der Waals surface area (Å²) in [6.45, 7) is 1.05. The molecule has 3 aromatic carbocycles.